The largest absolute Gasteiger partial charge is 0.493 e. The summed E-state index contributed by atoms with van der Waals surface area (Å²) in [5, 5.41) is 9.36. The van der Waals surface area contributed by atoms with Crippen molar-refractivity contribution in [2.24, 2.45) is 0 Å². The molecule has 0 bridgehead atoms. The van der Waals surface area contributed by atoms with Gasteiger partial charge in [-0.1, -0.05) is 6.92 Å². The van der Waals surface area contributed by atoms with Gasteiger partial charge in [0.1, 0.15) is 5.03 Å². The van der Waals surface area contributed by atoms with Gasteiger partial charge in [-0.3, -0.25) is 0 Å². The van der Waals surface area contributed by atoms with Crippen LogP contribution in [0, 0.1) is 0 Å². The molecule has 0 amide bonds. The number of rotatable bonds is 6. The SMILES string of the molecule is CCSc1ccc(-c2cc(OC)c(OC)c(OC)c2)nn1. The lowest BCUT2D eigenvalue weighted by molar-refractivity contribution is 0.324. The summed E-state index contributed by atoms with van der Waals surface area (Å²) in [4.78, 5) is 0. The van der Waals surface area contributed by atoms with Gasteiger partial charge < -0.3 is 14.2 Å². The number of nitrogens with zero attached hydrogens (tertiary/aromatic N) is 2. The van der Waals surface area contributed by atoms with Crippen molar-refractivity contribution >= 4 is 11.8 Å². The molecular formula is C15H18N2O3S. The molecule has 1 heterocycles. The molecule has 1 aromatic carbocycles. The Hall–Kier alpha value is -1.95. The molecule has 0 N–H and O–H groups in total. The minimum absolute atomic E-state index is 0.565. The molecule has 5 nitrogen and oxygen atoms in total. The Morgan fingerprint density at radius 2 is 1.62 bits per heavy atom. The highest BCUT2D eigenvalue weighted by Crippen LogP contribution is 2.40. The van der Waals surface area contributed by atoms with Crippen molar-refractivity contribution in [1.29, 1.82) is 0 Å². The van der Waals surface area contributed by atoms with Gasteiger partial charge in [0.15, 0.2) is 11.5 Å². The molecule has 0 unspecified atom stereocenters. The molecule has 0 radical (unpaired) electrons. The van der Waals surface area contributed by atoms with E-state index in [1.54, 1.807) is 33.1 Å². The van der Waals surface area contributed by atoms with Gasteiger partial charge in [0.05, 0.1) is 27.0 Å². The van der Waals surface area contributed by atoms with Gasteiger partial charge in [0, 0.05) is 5.56 Å². The van der Waals surface area contributed by atoms with Gasteiger partial charge in [-0.15, -0.1) is 22.0 Å². The van der Waals surface area contributed by atoms with Crippen LogP contribution in [0.3, 0.4) is 0 Å². The van der Waals surface area contributed by atoms with Gasteiger partial charge >= 0.3 is 0 Å². The van der Waals surface area contributed by atoms with E-state index in [1.807, 2.05) is 24.3 Å². The number of aromatic nitrogens is 2. The first kappa shape index (κ1) is 15.4. The van der Waals surface area contributed by atoms with E-state index < -0.39 is 0 Å². The zero-order valence-electron chi connectivity index (χ0n) is 12.5. The van der Waals surface area contributed by atoms with Crippen molar-refractivity contribution in [3.8, 4) is 28.5 Å². The lowest BCUT2D eigenvalue weighted by Crippen LogP contribution is -1.97. The van der Waals surface area contributed by atoms with Crippen molar-refractivity contribution in [3.05, 3.63) is 24.3 Å². The maximum atomic E-state index is 5.35. The molecule has 0 saturated carbocycles. The average molecular weight is 306 g/mol. The van der Waals surface area contributed by atoms with Crippen LogP contribution in [-0.2, 0) is 0 Å². The van der Waals surface area contributed by atoms with E-state index in [4.69, 9.17) is 14.2 Å². The summed E-state index contributed by atoms with van der Waals surface area (Å²) in [7, 11) is 4.76. The van der Waals surface area contributed by atoms with E-state index in [2.05, 4.69) is 17.1 Å². The second kappa shape index (κ2) is 7.17. The first-order valence-corrected chi connectivity index (χ1v) is 7.49. The number of benzene rings is 1. The first-order chi connectivity index (χ1) is 10.2. The van der Waals surface area contributed by atoms with Crippen LogP contribution in [0.25, 0.3) is 11.3 Å². The topological polar surface area (TPSA) is 53.5 Å². The molecule has 1 aromatic heterocycles. The summed E-state index contributed by atoms with van der Waals surface area (Å²) in [6.07, 6.45) is 0. The Morgan fingerprint density at radius 3 is 2.05 bits per heavy atom. The Kier molecular flexibility index (Phi) is 5.27. The first-order valence-electron chi connectivity index (χ1n) is 6.50. The molecule has 21 heavy (non-hydrogen) atoms. The lowest BCUT2D eigenvalue weighted by Gasteiger charge is -2.13. The van der Waals surface area contributed by atoms with Crippen molar-refractivity contribution in [1.82, 2.24) is 10.2 Å². The third kappa shape index (κ3) is 3.39. The van der Waals surface area contributed by atoms with Crippen LogP contribution in [0.15, 0.2) is 29.3 Å². The standard InChI is InChI=1S/C15H18N2O3S/c1-5-21-14-7-6-11(16-17-14)10-8-12(18-2)15(20-4)13(9-10)19-3/h6-9H,5H2,1-4H3. The Balaban J connectivity index is 2.43. The molecule has 112 valence electrons. The second-order valence-electron chi connectivity index (χ2n) is 4.10. The summed E-state index contributed by atoms with van der Waals surface area (Å²) in [5.41, 5.74) is 1.62. The fourth-order valence-electron chi connectivity index (χ4n) is 1.93. The van der Waals surface area contributed by atoms with E-state index in [9.17, 15) is 0 Å². The maximum absolute atomic E-state index is 5.35. The quantitative estimate of drug-likeness (QED) is 0.763. The molecule has 0 fully saturated rings. The molecule has 2 rings (SSSR count). The fourth-order valence-corrected chi connectivity index (χ4v) is 2.49. The van der Waals surface area contributed by atoms with Gasteiger partial charge in [0.25, 0.3) is 0 Å². The molecule has 0 aliphatic rings. The molecule has 6 heteroatoms. The van der Waals surface area contributed by atoms with E-state index in [1.165, 1.54) is 0 Å². The molecule has 0 spiro atoms. The third-order valence-corrected chi connectivity index (χ3v) is 3.69. The van der Waals surface area contributed by atoms with Gasteiger partial charge in [-0.05, 0) is 30.0 Å². The average Bonchev–Trinajstić information content (AvgIpc) is 2.54. The van der Waals surface area contributed by atoms with Gasteiger partial charge in [-0.25, -0.2) is 0 Å². The van der Waals surface area contributed by atoms with Crippen LogP contribution in [0.1, 0.15) is 6.92 Å². The normalized spacial score (nSPS) is 10.3. The summed E-state index contributed by atoms with van der Waals surface area (Å²) >= 11 is 1.66. The predicted molar refractivity (Wildman–Crippen MR) is 83.5 cm³/mol. The summed E-state index contributed by atoms with van der Waals surface area (Å²) in [6, 6.07) is 7.61. The van der Waals surface area contributed by atoms with Crippen molar-refractivity contribution in [2.75, 3.05) is 27.1 Å². The summed E-state index contributed by atoms with van der Waals surface area (Å²) in [5.74, 6) is 2.73. The van der Waals surface area contributed by atoms with Gasteiger partial charge in [-0.2, -0.15) is 0 Å². The minimum Gasteiger partial charge on any atom is -0.493 e. The summed E-state index contributed by atoms with van der Waals surface area (Å²) in [6.45, 7) is 2.08. The number of methoxy groups -OCH3 is 3. The highest BCUT2D eigenvalue weighted by atomic mass is 32.2. The molecule has 0 aliphatic carbocycles. The number of hydrogen-bond acceptors (Lipinski definition) is 6. The second-order valence-corrected chi connectivity index (χ2v) is 5.39. The van der Waals surface area contributed by atoms with Crippen LogP contribution in [-0.4, -0.2) is 37.3 Å². The Labute approximate surface area is 128 Å². The van der Waals surface area contributed by atoms with Gasteiger partial charge in [0.2, 0.25) is 5.75 Å². The molecule has 2 aromatic rings. The fraction of sp³-hybridized carbons (Fsp3) is 0.333. The maximum Gasteiger partial charge on any atom is 0.203 e. The van der Waals surface area contributed by atoms with E-state index in [0.29, 0.717) is 17.2 Å². The molecule has 0 atom stereocenters. The van der Waals surface area contributed by atoms with E-state index in [-0.39, 0.29) is 0 Å². The molecular weight excluding hydrogens is 288 g/mol. The third-order valence-electron chi connectivity index (χ3n) is 2.89. The highest BCUT2D eigenvalue weighted by molar-refractivity contribution is 7.99. The van der Waals surface area contributed by atoms with Crippen LogP contribution in [0.2, 0.25) is 0 Å². The minimum atomic E-state index is 0.565. The predicted octanol–water partition coefficient (Wildman–Crippen LogP) is 3.28. The van der Waals surface area contributed by atoms with Crippen LogP contribution < -0.4 is 14.2 Å². The molecule has 0 saturated heterocycles. The number of hydrogen-bond donors (Lipinski definition) is 0. The van der Waals surface area contributed by atoms with Crippen LogP contribution in [0.5, 0.6) is 17.2 Å². The smallest absolute Gasteiger partial charge is 0.203 e. The zero-order valence-corrected chi connectivity index (χ0v) is 13.4. The summed E-state index contributed by atoms with van der Waals surface area (Å²) < 4.78 is 16.0. The lowest BCUT2D eigenvalue weighted by atomic mass is 10.1. The van der Waals surface area contributed by atoms with Crippen molar-refractivity contribution in [3.63, 3.8) is 0 Å². The van der Waals surface area contributed by atoms with Crippen LogP contribution in [0.4, 0.5) is 0 Å². The number of ether oxygens (including phenoxy) is 3. The monoisotopic (exact) mass is 306 g/mol. The Morgan fingerprint density at radius 1 is 0.952 bits per heavy atom. The van der Waals surface area contributed by atoms with Crippen molar-refractivity contribution in [2.45, 2.75) is 11.9 Å². The van der Waals surface area contributed by atoms with E-state index >= 15 is 0 Å². The van der Waals surface area contributed by atoms with Crippen LogP contribution >= 0.6 is 11.8 Å². The Bertz CT molecular complexity index is 577. The number of thioether (sulfide) groups is 1. The van der Waals surface area contributed by atoms with Crippen molar-refractivity contribution < 1.29 is 14.2 Å². The molecule has 0 aliphatic heterocycles. The van der Waals surface area contributed by atoms with E-state index in [0.717, 1.165) is 22.0 Å². The highest BCUT2D eigenvalue weighted by Gasteiger charge is 2.14. The zero-order chi connectivity index (χ0) is 15.2.